The Kier molecular flexibility index (Phi) is 7.32. The first-order valence-corrected chi connectivity index (χ1v) is 10.6. The van der Waals surface area contributed by atoms with Crippen LogP contribution in [0.4, 0.5) is 0 Å². The van der Waals surface area contributed by atoms with E-state index < -0.39 is 0 Å². The van der Waals surface area contributed by atoms with Crippen molar-refractivity contribution in [2.75, 3.05) is 19.8 Å². The topological polar surface area (TPSA) is 69.3 Å². The molecule has 0 aliphatic carbocycles. The van der Waals surface area contributed by atoms with Crippen LogP contribution in [0.15, 0.2) is 36.0 Å². The highest BCUT2D eigenvalue weighted by atomic mass is 16.7. The SMILES string of the molecule is C/C=C/CC(=O)NC1COC(CC=C(C)C=C[C@@H]2C[C@]3(CO3)CC(C)(C)O2)OC1. The Balaban J connectivity index is 1.39. The molecule has 0 saturated carbocycles. The van der Waals surface area contributed by atoms with Crippen LogP contribution in [-0.2, 0) is 23.7 Å². The average Bonchev–Trinajstić information content (AvgIpc) is 3.40. The summed E-state index contributed by atoms with van der Waals surface area (Å²) in [5.41, 5.74) is 1.04. The van der Waals surface area contributed by atoms with Crippen LogP contribution in [0.25, 0.3) is 0 Å². The van der Waals surface area contributed by atoms with Gasteiger partial charge >= 0.3 is 0 Å². The van der Waals surface area contributed by atoms with Crippen molar-refractivity contribution in [2.45, 2.75) is 83.0 Å². The first kappa shape index (κ1) is 22.2. The summed E-state index contributed by atoms with van der Waals surface area (Å²) >= 11 is 0. The van der Waals surface area contributed by atoms with Crippen molar-refractivity contribution in [3.63, 3.8) is 0 Å². The smallest absolute Gasteiger partial charge is 0.224 e. The minimum absolute atomic E-state index is 0.00823. The second-order valence-corrected chi connectivity index (χ2v) is 8.95. The van der Waals surface area contributed by atoms with Crippen LogP contribution in [0.5, 0.6) is 0 Å². The Morgan fingerprint density at radius 2 is 1.97 bits per heavy atom. The molecule has 6 heteroatoms. The molecule has 3 fully saturated rings. The zero-order chi connectivity index (χ0) is 20.9. The molecule has 3 aliphatic heterocycles. The van der Waals surface area contributed by atoms with Gasteiger partial charge < -0.3 is 24.3 Å². The number of hydrogen-bond donors (Lipinski definition) is 1. The molecule has 0 unspecified atom stereocenters. The maximum absolute atomic E-state index is 11.7. The first-order valence-electron chi connectivity index (χ1n) is 10.6. The second-order valence-electron chi connectivity index (χ2n) is 8.95. The van der Waals surface area contributed by atoms with Crippen molar-refractivity contribution in [2.24, 2.45) is 0 Å². The van der Waals surface area contributed by atoms with Gasteiger partial charge in [-0.15, -0.1) is 0 Å². The number of rotatable bonds is 7. The standard InChI is InChI=1S/C23H35NO5/c1-5-6-7-20(25)24-18-13-26-21(27-14-18)11-9-17(2)8-10-19-12-23(16-28-23)15-22(3,4)29-19/h5-6,8-10,18-19,21H,7,11-16H2,1-4H3,(H,24,25)/b6-5+,10-8?,17-9?/t18?,19-,21?,23-/m1/s1. The molecule has 162 valence electrons. The summed E-state index contributed by atoms with van der Waals surface area (Å²) in [5, 5.41) is 2.92. The van der Waals surface area contributed by atoms with Crippen molar-refractivity contribution in [1.29, 1.82) is 0 Å². The predicted octanol–water partition coefficient (Wildman–Crippen LogP) is 3.43. The fourth-order valence-electron chi connectivity index (χ4n) is 4.02. The Hall–Kier alpha value is -1.47. The fraction of sp³-hybridized carbons (Fsp3) is 0.696. The molecule has 1 spiro atoms. The molecule has 0 radical (unpaired) electrons. The van der Waals surface area contributed by atoms with E-state index in [-0.39, 0.29) is 35.5 Å². The molecule has 3 aliphatic rings. The van der Waals surface area contributed by atoms with Crippen molar-refractivity contribution < 1.29 is 23.7 Å². The number of nitrogens with one attached hydrogen (secondary N) is 1. The van der Waals surface area contributed by atoms with Crippen LogP contribution in [0, 0.1) is 0 Å². The molecule has 0 aromatic heterocycles. The van der Waals surface area contributed by atoms with Gasteiger partial charge in [0.25, 0.3) is 0 Å². The van der Waals surface area contributed by atoms with Gasteiger partial charge in [0.15, 0.2) is 6.29 Å². The lowest BCUT2D eigenvalue weighted by atomic mass is 9.85. The Morgan fingerprint density at radius 1 is 1.24 bits per heavy atom. The minimum Gasteiger partial charge on any atom is -0.369 e. The number of epoxide rings is 1. The van der Waals surface area contributed by atoms with Crippen molar-refractivity contribution in [3.8, 4) is 0 Å². The van der Waals surface area contributed by atoms with E-state index in [0.717, 1.165) is 25.0 Å². The summed E-state index contributed by atoms with van der Waals surface area (Å²) < 4.78 is 23.4. The zero-order valence-corrected chi connectivity index (χ0v) is 18.1. The number of allylic oxidation sites excluding steroid dienone is 3. The quantitative estimate of drug-likeness (QED) is 0.399. The molecular formula is C23H35NO5. The Labute approximate surface area is 174 Å². The number of amides is 1. The maximum Gasteiger partial charge on any atom is 0.224 e. The highest BCUT2D eigenvalue weighted by molar-refractivity contribution is 5.77. The van der Waals surface area contributed by atoms with Gasteiger partial charge in [-0.3, -0.25) is 4.79 Å². The van der Waals surface area contributed by atoms with E-state index in [1.165, 1.54) is 0 Å². The van der Waals surface area contributed by atoms with Gasteiger partial charge in [-0.2, -0.15) is 0 Å². The molecule has 1 N–H and O–H groups in total. The molecule has 0 aromatic rings. The Bertz CT molecular complexity index is 648. The molecular weight excluding hydrogens is 370 g/mol. The van der Waals surface area contributed by atoms with Gasteiger partial charge in [0.2, 0.25) is 5.91 Å². The van der Waals surface area contributed by atoms with Gasteiger partial charge in [0.1, 0.15) is 0 Å². The maximum atomic E-state index is 11.7. The average molecular weight is 406 g/mol. The highest BCUT2D eigenvalue weighted by Crippen LogP contribution is 2.46. The van der Waals surface area contributed by atoms with Crippen LogP contribution in [0.3, 0.4) is 0 Å². The van der Waals surface area contributed by atoms with E-state index >= 15 is 0 Å². The van der Waals surface area contributed by atoms with E-state index in [2.05, 4.69) is 44.3 Å². The molecule has 2 atom stereocenters. The predicted molar refractivity (Wildman–Crippen MR) is 111 cm³/mol. The van der Waals surface area contributed by atoms with E-state index in [1.54, 1.807) is 0 Å². The van der Waals surface area contributed by atoms with Crippen LogP contribution in [-0.4, -0.2) is 55.4 Å². The molecule has 0 aromatic carbocycles. The molecule has 1 amide bonds. The van der Waals surface area contributed by atoms with Crippen LogP contribution >= 0.6 is 0 Å². The molecule has 3 saturated heterocycles. The summed E-state index contributed by atoms with van der Waals surface area (Å²) in [6.07, 6.45) is 12.8. The second kappa shape index (κ2) is 9.56. The van der Waals surface area contributed by atoms with E-state index in [1.807, 2.05) is 19.1 Å². The lowest BCUT2D eigenvalue weighted by Gasteiger charge is -2.38. The van der Waals surface area contributed by atoms with Crippen molar-refractivity contribution in [3.05, 3.63) is 36.0 Å². The van der Waals surface area contributed by atoms with Gasteiger partial charge in [-0.25, -0.2) is 0 Å². The van der Waals surface area contributed by atoms with Crippen LogP contribution in [0.2, 0.25) is 0 Å². The summed E-state index contributed by atoms with van der Waals surface area (Å²) in [6, 6.07) is -0.0854. The van der Waals surface area contributed by atoms with Crippen LogP contribution < -0.4 is 5.32 Å². The first-order chi connectivity index (χ1) is 13.8. The molecule has 6 nitrogen and oxygen atoms in total. The summed E-state index contributed by atoms with van der Waals surface area (Å²) in [7, 11) is 0. The highest BCUT2D eigenvalue weighted by Gasteiger charge is 2.53. The fourth-order valence-corrected chi connectivity index (χ4v) is 4.02. The molecule has 0 bridgehead atoms. The van der Waals surface area contributed by atoms with E-state index in [9.17, 15) is 4.79 Å². The van der Waals surface area contributed by atoms with E-state index in [4.69, 9.17) is 18.9 Å². The number of carbonyl (C=O) groups excluding carboxylic acids is 1. The van der Waals surface area contributed by atoms with Crippen LogP contribution in [0.1, 0.15) is 53.4 Å². The summed E-state index contributed by atoms with van der Waals surface area (Å²) in [4.78, 5) is 11.7. The van der Waals surface area contributed by atoms with Gasteiger partial charge in [0.05, 0.1) is 43.2 Å². The molecule has 3 rings (SSSR count). The number of hydrogen-bond acceptors (Lipinski definition) is 5. The van der Waals surface area contributed by atoms with Crippen molar-refractivity contribution >= 4 is 5.91 Å². The lowest BCUT2D eigenvalue weighted by molar-refractivity contribution is -0.188. The third-order valence-corrected chi connectivity index (χ3v) is 5.42. The normalized spacial score (nSPS) is 34.8. The van der Waals surface area contributed by atoms with Gasteiger partial charge in [-0.1, -0.05) is 36.0 Å². The minimum atomic E-state index is -0.268. The zero-order valence-electron chi connectivity index (χ0n) is 18.1. The number of carbonyl (C=O) groups is 1. The Morgan fingerprint density at radius 3 is 2.62 bits per heavy atom. The number of ether oxygens (including phenoxy) is 4. The summed E-state index contributed by atoms with van der Waals surface area (Å²) in [6.45, 7) is 10.0. The third kappa shape index (κ3) is 7.07. The largest absolute Gasteiger partial charge is 0.369 e. The monoisotopic (exact) mass is 405 g/mol. The van der Waals surface area contributed by atoms with Crippen molar-refractivity contribution in [1.82, 2.24) is 5.32 Å². The summed E-state index contributed by atoms with van der Waals surface area (Å²) in [5.74, 6) is -0.00823. The van der Waals surface area contributed by atoms with Gasteiger partial charge in [-0.05, 0) is 27.7 Å². The molecule has 3 heterocycles. The molecule has 29 heavy (non-hydrogen) atoms. The third-order valence-electron chi connectivity index (χ3n) is 5.42. The lowest BCUT2D eigenvalue weighted by Crippen LogP contribution is -2.46. The van der Waals surface area contributed by atoms with E-state index in [0.29, 0.717) is 26.1 Å². The van der Waals surface area contributed by atoms with Gasteiger partial charge in [0, 0.05) is 25.7 Å².